The summed E-state index contributed by atoms with van der Waals surface area (Å²) in [4.78, 5) is 17.8. The van der Waals surface area contributed by atoms with E-state index in [0.29, 0.717) is 6.42 Å². The minimum absolute atomic E-state index is 0.188. The highest BCUT2D eigenvalue weighted by molar-refractivity contribution is 7.89. The predicted molar refractivity (Wildman–Crippen MR) is 70.2 cm³/mol. The highest BCUT2D eigenvalue weighted by Crippen LogP contribution is 2.00. The van der Waals surface area contributed by atoms with Crippen molar-refractivity contribution >= 4 is 10.0 Å². The Hall–Kier alpha value is -1.99. The fourth-order valence-corrected chi connectivity index (χ4v) is 2.63. The molecule has 6 nitrogen and oxygen atoms in total. The molecule has 2 rings (SSSR count). The molecule has 19 heavy (non-hydrogen) atoms. The van der Waals surface area contributed by atoms with Crippen LogP contribution in [0.15, 0.2) is 52.5 Å². The van der Waals surface area contributed by atoms with Crippen LogP contribution in [0.1, 0.15) is 5.69 Å². The lowest BCUT2D eigenvalue weighted by Crippen LogP contribution is -2.30. The Morgan fingerprint density at radius 1 is 1.26 bits per heavy atom. The Morgan fingerprint density at radius 2 is 2.11 bits per heavy atom. The Balaban J connectivity index is 2.03. The normalized spacial score (nSPS) is 11.4. The number of nitrogens with zero attached hydrogens (tertiary/aromatic N) is 1. The van der Waals surface area contributed by atoms with Crippen LogP contribution in [-0.2, 0) is 16.4 Å². The zero-order valence-corrected chi connectivity index (χ0v) is 10.9. The van der Waals surface area contributed by atoms with Crippen molar-refractivity contribution in [2.75, 3.05) is 6.54 Å². The minimum atomic E-state index is -3.78. The Morgan fingerprint density at radius 3 is 2.79 bits per heavy atom. The molecule has 0 fully saturated rings. The van der Waals surface area contributed by atoms with E-state index >= 15 is 0 Å². The smallest absolute Gasteiger partial charge is 0.245 e. The van der Waals surface area contributed by atoms with Gasteiger partial charge in [-0.25, -0.2) is 13.1 Å². The number of nitrogens with one attached hydrogen (secondary N) is 2. The van der Waals surface area contributed by atoms with Gasteiger partial charge in [-0.3, -0.25) is 9.78 Å². The first-order valence-electron chi connectivity index (χ1n) is 5.66. The molecule has 0 unspecified atom stereocenters. The molecule has 7 heteroatoms. The van der Waals surface area contributed by atoms with Gasteiger partial charge in [0.2, 0.25) is 15.5 Å². The van der Waals surface area contributed by atoms with Crippen LogP contribution in [0, 0.1) is 0 Å². The molecule has 2 heterocycles. The molecule has 0 saturated heterocycles. The summed E-state index contributed by atoms with van der Waals surface area (Å²) in [5.41, 5.74) is 0.247. The Kier molecular flexibility index (Phi) is 4.08. The van der Waals surface area contributed by atoms with E-state index in [2.05, 4.69) is 14.7 Å². The van der Waals surface area contributed by atoms with E-state index in [4.69, 9.17) is 0 Å². The lowest BCUT2D eigenvalue weighted by atomic mass is 10.3. The van der Waals surface area contributed by atoms with Crippen molar-refractivity contribution in [3.05, 3.63) is 58.8 Å². The van der Waals surface area contributed by atoms with E-state index in [0.717, 1.165) is 5.69 Å². The van der Waals surface area contributed by atoms with Crippen molar-refractivity contribution in [1.29, 1.82) is 0 Å². The topological polar surface area (TPSA) is 91.9 Å². The molecule has 0 amide bonds. The van der Waals surface area contributed by atoms with Crippen LogP contribution >= 0.6 is 0 Å². The number of hydrogen-bond donors (Lipinski definition) is 2. The maximum absolute atomic E-state index is 11.9. The highest BCUT2D eigenvalue weighted by Gasteiger charge is 2.16. The van der Waals surface area contributed by atoms with Crippen molar-refractivity contribution < 1.29 is 8.42 Å². The van der Waals surface area contributed by atoms with E-state index in [1.165, 1.54) is 18.5 Å². The molecule has 2 N–H and O–H groups in total. The second-order valence-electron chi connectivity index (χ2n) is 3.84. The summed E-state index contributed by atoms with van der Waals surface area (Å²) in [5, 5.41) is 0. The third-order valence-corrected chi connectivity index (χ3v) is 3.96. The summed E-state index contributed by atoms with van der Waals surface area (Å²) in [6.07, 6.45) is 4.66. The van der Waals surface area contributed by atoms with Gasteiger partial charge in [-0.2, -0.15) is 0 Å². The average molecular weight is 279 g/mol. The van der Waals surface area contributed by atoms with Crippen LogP contribution in [0.4, 0.5) is 0 Å². The zero-order valence-electron chi connectivity index (χ0n) is 10.0. The lowest BCUT2D eigenvalue weighted by molar-refractivity contribution is 0.580. The molecular formula is C12H13N3O3S. The van der Waals surface area contributed by atoms with Crippen LogP contribution in [0.5, 0.6) is 0 Å². The highest BCUT2D eigenvalue weighted by atomic mass is 32.2. The van der Waals surface area contributed by atoms with Gasteiger partial charge in [0.05, 0.1) is 0 Å². The molecule has 0 aliphatic carbocycles. The molecule has 0 aromatic carbocycles. The molecule has 0 atom stereocenters. The summed E-state index contributed by atoms with van der Waals surface area (Å²) in [6, 6.07) is 6.60. The monoisotopic (exact) mass is 279 g/mol. The van der Waals surface area contributed by atoms with E-state index in [1.54, 1.807) is 12.3 Å². The molecule has 100 valence electrons. The van der Waals surface area contributed by atoms with Gasteiger partial charge < -0.3 is 4.98 Å². The quantitative estimate of drug-likeness (QED) is 0.823. The van der Waals surface area contributed by atoms with Gasteiger partial charge in [0.25, 0.3) is 0 Å². The maximum atomic E-state index is 11.9. The van der Waals surface area contributed by atoms with Crippen LogP contribution < -0.4 is 10.2 Å². The van der Waals surface area contributed by atoms with Crippen LogP contribution in [0.3, 0.4) is 0 Å². The van der Waals surface area contributed by atoms with Crippen LogP contribution in [-0.4, -0.2) is 24.9 Å². The first-order valence-corrected chi connectivity index (χ1v) is 7.14. The number of H-pyrrole nitrogens is 1. The number of aromatic amines is 1. The molecule has 0 aliphatic rings. The SMILES string of the molecule is O=c1cc[nH]cc1S(=O)(=O)NCCc1ccccn1. The van der Waals surface area contributed by atoms with Gasteiger partial charge in [-0.15, -0.1) is 0 Å². The predicted octanol–water partition coefficient (Wildman–Crippen LogP) is 0.291. The van der Waals surface area contributed by atoms with E-state index in [9.17, 15) is 13.2 Å². The van der Waals surface area contributed by atoms with Crippen molar-refractivity contribution in [3.63, 3.8) is 0 Å². The standard InChI is InChI=1S/C12H13N3O3S/c16-11-5-7-13-9-12(11)19(17,18)15-8-4-10-3-1-2-6-14-10/h1-3,5-7,9,15H,4,8H2,(H,13,16). The third-order valence-electron chi connectivity index (χ3n) is 2.48. The second-order valence-corrected chi connectivity index (χ2v) is 5.58. The fraction of sp³-hybridized carbons (Fsp3) is 0.167. The number of hydrogen-bond acceptors (Lipinski definition) is 4. The number of sulfonamides is 1. The second kappa shape index (κ2) is 5.77. The molecule has 2 aromatic heterocycles. The Labute approximate surface area is 110 Å². The van der Waals surface area contributed by atoms with Crippen molar-refractivity contribution in [2.45, 2.75) is 11.3 Å². The van der Waals surface area contributed by atoms with E-state index < -0.39 is 15.5 Å². The zero-order chi connectivity index (χ0) is 13.7. The number of pyridine rings is 2. The lowest BCUT2D eigenvalue weighted by Gasteiger charge is -2.05. The number of aromatic nitrogens is 2. The van der Waals surface area contributed by atoms with E-state index in [1.807, 2.05) is 12.1 Å². The van der Waals surface area contributed by atoms with Gasteiger partial charge in [0.1, 0.15) is 4.90 Å². The molecule has 2 aromatic rings. The van der Waals surface area contributed by atoms with Crippen LogP contribution in [0.25, 0.3) is 0 Å². The largest absolute Gasteiger partial charge is 0.366 e. The fourth-order valence-electron chi connectivity index (χ4n) is 1.55. The minimum Gasteiger partial charge on any atom is -0.366 e. The van der Waals surface area contributed by atoms with Gasteiger partial charge in [0, 0.05) is 43.3 Å². The first kappa shape index (κ1) is 13.4. The average Bonchev–Trinajstić information content (AvgIpc) is 2.40. The van der Waals surface area contributed by atoms with Gasteiger partial charge >= 0.3 is 0 Å². The Bertz CT molecular complexity index is 695. The van der Waals surface area contributed by atoms with Gasteiger partial charge in [-0.05, 0) is 12.1 Å². The third kappa shape index (κ3) is 3.49. The number of rotatable bonds is 5. The van der Waals surface area contributed by atoms with Gasteiger partial charge in [-0.1, -0.05) is 6.07 Å². The van der Waals surface area contributed by atoms with Crippen molar-refractivity contribution in [1.82, 2.24) is 14.7 Å². The summed E-state index contributed by atoms with van der Waals surface area (Å²) in [7, 11) is -3.78. The summed E-state index contributed by atoms with van der Waals surface area (Å²) in [6.45, 7) is 0.188. The summed E-state index contributed by atoms with van der Waals surface area (Å²) < 4.78 is 26.2. The van der Waals surface area contributed by atoms with Crippen molar-refractivity contribution in [3.8, 4) is 0 Å². The molecule has 0 saturated carbocycles. The maximum Gasteiger partial charge on any atom is 0.245 e. The summed E-state index contributed by atoms with van der Waals surface area (Å²) >= 11 is 0. The van der Waals surface area contributed by atoms with Gasteiger partial charge in [0.15, 0.2) is 0 Å². The summed E-state index contributed by atoms with van der Waals surface area (Å²) in [5.74, 6) is 0. The van der Waals surface area contributed by atoms with Crippen molar-refractivity contribution in [2.24, 2.45) is 0 Å². The van der Waals surface area contributed by atoms with E-state index in [-0.39, 0.29) is 11.4 Å². The van der Waals surface area contributed by atoms with Crippen LogP contribution in [0.2, 0.25) is 0 Å². The molecule has 0 aliphatic heterocycles. The first-order chi connectivity index (χ1) is 9.09. The molecular weight excluding hydrogens is 266 g/mol. The molecule has 0 radical (unpaired) electrons. The molecule has 0 spiro atoms. The molecule has 0 bridgehead atoms.